The van der Waals surface area contributed by atoms with Gasteiger partial charge in [-0.2, -0.15) is 0 Å². The molecule has 6 nitrogen and oxygen atoms in total. The zero-order valence-corrected chi connectivity index (χ0v) is 56.2. The summed E-state index contributed by atoms with van der Waals surface area (Å²) >= 11 is 0. The maximum absolute atomic E-state index is 13.0. The summed E-state index contributed by atoms with van der Waals surface area (Å²) in [6.07, 6.45) is 90.5. The molecule has 0 bridgehead atoms. The van der Waals surface area contributed by atoms with Crippen LogP contribution in [-0.2, 0) is 28.6 Å². The van der Waals surface area contributed by atoms with Crippen molar-refractivity contribution in [3.8, 4) is 0 Å². The van der Waals surface area contributed by atoms with Crippen LogP contribution in [0.3, 0.4) is 0 Å². The number of esters is 3. The van der Waals surface area contributed by atoms with Crippen LogP contribution < -0.4 is 0 Å². The van der Waals surface area contributed by atoms with Gasteiger partial charge in [0, 0.05) is 19.3 Å². The molecular weight excluding hydrogens is 1020 g/mol. The Kier molecular flexibility index (Phi) is 70.0. The number of ether oxygens (including phenoxy) is 3. The van der Waals surface area contributed by atoms with E-state index in [4.69, 9.17) is 14.2 Å². The smallest absolute Gasteiger partial charge is 0.306 e. The minimum Gasteiger partial charge on any atom is -0.462 e. The van der Waals surface area contributed by atoms with Gasteiger partial charge in [-0.25, -0.2) is 0 Å². The second-order valence-electron chi connectivity index (χ2n) is 25.6. The summed E-state index contributed by atoms with van der Waals surface area (Å²) in [6, 6.07) is 0. The number of allylic oxidation sites excluding steroid dienone is 6. The molecule has 0 heterocycles. The zero-order chi connectivity index (χ0) is 59.9. The summed E-state index contributed by atoms with van der Waals surface area (Å²) in [4.78, 5) is 38.5. The Balaban J connectivity index is 4.20. The van der Waals surface area contributed by atoms with Crippen molar-refractivity contribution in [2.75, 3.05) is 13.2 Å². The van der Waals surface area contributed by atoms with Gasteiger partial charge in [0.2, 0.25) is 0 Å². The van der Waals surface area contributed by atoms with Crippen molar-refractivity contribution in [3.05, 3.63) is 36.5 Å². The van der Waals surface area contributed by atoms with Crippen molar-refractivity contribution in [1.82, 2.24) is 0 Å². The van der Waals surface area contributed by atoms with Gasteiger partial charge in [-0.05, 0) is 77.0 Å². The molecule has 488 valence electrons. The average Bonchev–Trinajstić information content (AvgIpc) is 3.49. The molecule has 1 unspecified atom stereocenters. The highest BCUT2D eigenvalue weighted by atomic mass is 16.6. The Labute approximate surface area is 518 Å². The highest BCUT2D eigenvalue weighted by Crippen LogP contribution is 2.19. The summed E-state index contributed by atoms with van der Waals surface area (Å²) in [5.41, 5.74) is 0. The normalized spacial score (nSPS) is 12.2. The van der Waals surface area contributed by atoms with E-state index in [-0.39, 0.29) is 31.1 Å². The van der Waals surface area contributed by atoms with Gasteiger partial charge in [0.05, 0.1) is 0 Å². The molecule has 0 saturated heterocycles. The average molecular weight is 1170 g/mol. The molecule has 0 N–H and O–H groups in total. The quantitative estimate of drug-likeness (QED) is 0.0261. The first-order valence-electron chi connectivity index (χ1n) is 37.5. The molecule has 1 atom stereocenters. The molecule has 0 fully saturated rings. The molecule has 0 aromatic carbocycles. The van der Waals surface area contributed by atoms with Crippen molar-refractivity contribution in [2.45, 2.75) is 425 Å². The van der Waals surface area contributed by atoms with Gasteiger partial charge in [0.25, 0.3) is 0 Å². The van der Waals surface area contributed by atoms with E-state index in [1.54, 1.807) is 0 Å². The standard InChI is InChI=1S/C77H144O6/c1-4-7-10-13-16-19-22-25-28-30-32-34-36-37-38-39-40-41-42-44-45-47-49-52-55-58-61-64-67-70-76(79)82-73-74(72-81-75(78)69-66-63-60-57-54-51-27-24-21-18-15-12-9-6-3)83-77(80)71-68-65-62-59-56-53-50-48-46-43-35-33-31-29-26-23-20-17-14-11-8-5-2/h22,24-25,27,30,32,74H,4-21,23,26,28-29,31,33-73H2,1-3H3/b25-22-,27-24-,32-30-. The fourth-order valence-electron chi connectivity index (χ4n) is 11.5. The van der Waals surface area contributed by atoms with E-state index in [1.807, 2.05) is 0 Å². The second-order valence-corrected chi connectivity index (χ2v) is 25.6. The van der Waals surface area contributed by atoms with E-state index in [0.29, 0.717) is 19.3 Å². The molecule has 0 aliphatic rings. The summed E-state index contributed by atoms with van der Waals surface area (Å²) in [7, 11) is 0. The molecule has 83 heavy (non-hydrogen) atoms. The monoisotopic (exact) mass is 1170 g/mol. The maximum atomic E-state index is 13.0. The number of hydrogen-bond acceptors (Lipinski definition) is 6. The molecule has 0 rings (SSSR count). The lowest BCUT2D eigenvalue weighted by Gasteiger charge is -2.18. The van der Waals surface area contributed by atoms with Crippen LogP contribution in [0.2, 0.25) is 0 Å². The topological polar surface area (TPSA) is 78.9 Å². The van der Waals surface area contributed by atoms with Crippen LogP contribution >= 0.6 is 0 Å². The van der Waals surface area contributed by atoms with Gasteiger partial charge >= 0.3 is 17.9 Å². The van der Waals surface area contributed by atoms with Gasteiger partial charge in [-0.1, -0.05) is 359 Å². The number of hydrogen-bond donors (Lipinski definition) is 0. The van der Waals surface area contributed by atoms with Crippen LogP contribution in [0.5, 0.6) is 0 Å². The van der Waals surface area contributed by atoms with Crippen molar-refractivity contribution in [3.63, 3.8) is 0 Å². The Bertz CT molecular complexity index is 1380. The van der Waals surface area contributed by atoms with Gasteiger partial charge in [0.1, 0.15) is 13.2 Å². The minimum atomic E-state index is -0.773. The van der Waals surface area contributed by atoms with Crippen LogP contribution in [0.25, 0.3) is 0 Å². The predicted octanol–water partition coefficient (Wildman–Crippen LogP) is 25.9. The van der Waals surface area contributed by atoms with E-state index in [9.17, 15) is 14.4 Å². The molecule has 0 aromatic rings. The van der Waals surface area contributed by atoms with Crippen molar-refractivity contribution in [1.29, 1.82) is 0 Å². The van der Waals surface area contributed by atoms with Gasteiger partial charge in [-0.3, -0.25) is 14.4 Å². The van der Waals surface area contributed by atoms with E-state index in [1.165, 1.54) is 308 Å². The molecule has 6 heteroatoms. The van der Waals surface area contributed by atoms with Gasteiger partial charge in [0.15, 0.2) is 6.10 Å². The van der Waals surface area contributed by atoms with E-state index < -0.39 is 6.10 Å². The first-order valence-corrected chi connectivity index (χ1v) is 37.5. The van der Waals surface area contributed by atoms with Crippen LogP contribution in [0.1, 0.15) is 419 Å². The van der Waals surface area contributed by atoms with Crippen LogP contribution in [0.15, 0.2) is 36.5 Å². The van der Waals surface area contributed by atoms with Crippen LogP contribution in [0, 0.1) is 0 Å². The zero-order valence-electron chi connectivity index (χ0n) is 56.2. The molecular formula is C77H144O6. The van der Waals surface area contributed by atoms with Crippen molar-refractivity contribution >= 4 is 17.9 Å². The third-order valence-electron chi connectivity index (χ3n) is 17.1. The van der Waals surface area contributed by atoms with E-state index in [0.717, 1.165) is 70.6 Å². The first kappa shape index (κ1) is 80.6. The number of unbranched alkanes of at least 4 members (excludes halogenated alkanes) is 53. The Morgan fingerprint density at radius 1 is 0.241 bits per heavy atom. The third kappa shape index (κ3) is 70.3. The minimum absolute atomic E-state index is 0.0686. The summed E-state index contributed by atoms with van der Waals surface area (Å²) < 4.78 is 17.0. The van der Waals surface area contributed by atoms with Crippen LogP contribution in [0.4, 0.5) is 0 Å². The summed E-state index contributed by atoms with van der Waals surface area (Å²) in [6.45, 7) is 6.70. The largest absolute Gasteiger partial charge is 0.462 e. The summed E-state index contributed by atoms with van der Waals surface area (Å²) in [5.74, 6) is -0.844. The van der Waals surface area contributed by atoms with Crippen molar-refractivity contribution in [2.24, 2.45) is 0 Å². The fourth-order valence-corrected chi connectivity index (χ4v) is 11.5. The molecule has 0 aliphatic carbocycles. The molecule has 0 saturated carbocycles. The Morgan fingerprint density at radius 3 is 0.675 bits per heavy atom. The molecule has 0 amide bonds. The fraction of sp³-hybridized carbons (Fsp3) is 0.883. The number of carbonyl (C=O) groups is 3. The van der Waals surface area contributed by atoms with E-state index >= 15 is 0 Å². The Morgan fingerprint density at radius 2 is 0.434 bits per heavy atom. The third-order valence-corrected chi connectivity index (χ3v) is 17.1. The number of rotatable bonds is 70. The van der Waals surface area contributed by atoms with Crippen LogP contribution in [-0.4, -0.2) is 37.2 Å². The SMILES string of the molecule is CCCCCCC/C=C\C/C=C\CCCCCCCCCCCCCCCCCCCC(=O)OCC(COC(=O)CCCCCCC/C=C\CCCCCCC)OC(=O)CCCCCCCCCCCCCCCCCCCCCCCC. The van der Waals surface area contributed by atoms with Crippen molar-refractivity contribution < 1.29 is 28.6 Å². The molecule has 0 aliphatic heterocycles. The summed E-state index contributed by atoms with van der Waals surface area (Å²) in [5, 5.41) is 0. The maximum Gasteiger partial charge on any atom is 0.306 e. The Hall–Kier alpha value is -2.37. The lowest BCUT2D eigenvalue weighted by molar-refractivity contribution is -0.167. The highest BCUT2D eigenvalue weighted by Gasteiger charge is 2.20. The second kappa shape index (κ2) is 72.1. The lowest BCUT2D eigenvalue weighted by atomic mass is 10.0. The molecule has 0 spiro atoms. The molecule has 0 aromatic heterocycles. The van der Waals surface area contributed by atoms with Gasteiger partial charge in [-0.15, -0.1) is 0 Å². The number of carbonyl (C=O) groups excluding carboxylic acids is 3. The molecule has 0 radical (unpaired) electrons. The van der Waals surface area contributed by atoms with E-state index in [2.05, 4.69) is 57.2 Å². The highest BCUT2D eigenvalue weighted by molar-refractivity contribution is 5.71. The lowest BCUT2D eigenvalue weighted by Crippen LogP contribution is -2.30. The van der Waals surface area contributed by atoms with Gasteiger partial charge < -0.3 is 14.2 Å². The first-order chi connectivity index (χ1) is 41.0. The predicted molar refractivity (Wildman–Crippen MR) is 362 cm³/mol.